The van der Waals surface area contributed by atoms with Crippen LogP contribution in [0.2, 0.25) is 0 Å². The first-order chi connectivity index (χ1) is 7.02. The Balaban J connectivity index is 2.68. The second-order valence-electron chi connectivity index (χ2n) is 5.29. The van der Waals surface area contributed by atoms with Crippen molar-refractivity contribution < 1.29 is 4.79 Å². The second kappa shape index (κ2) is 4.96. The normalized spacial score (nSPS) is 20.3. The highest BCUT2D eigenvalue weighted by Crippen LogP contribution is 2.47. The summed E-state index contributed by atoms with van der Waals surface area (Å²) in [7, 11) is 0. The van der Waals surface area contributed by atoms with Crippen LogP contribution in [-0.4, -0.2) is 5.78 Å². The molecule has 0 amide bonds. The average Bonchev–Trinajstić information content (AvgIpc) is 2.14. The zero-order chi connectivity index (χ0) is 11.5. The van der Waals surface area contributed by atoms with E-state index < -0.39 is 0 Å². The van der Waals surface area contributed by atoms with E-state index in [0.717, 1.165) is 25.7 Å². The second-order valence-corrected chi connectivity index (χ2v) is 5.29. The Morgan fingerprint density at radius 3 is 2.33 bits per heavy atom. The van der Waals surface area contributed by atoms with Gasteiger partial charge in [-0.15, -0.1) is 0 Å². The number of carbonyl (C=O) groups is 1. The molecule has 1 aliphatic carbocycles. The molecule has 0 N–H and O–H groups in total. The number of hydrogen-bond acceptors (Lipinski definition) is 1. The highest BCUT2D eigenvalue weighted by molar-refractivity contribution is 5.87. The van der Waals surface area contributed by atoms with Crippen molar-refractivity contribution >= 4 is 5.78 Å². The summed E-state index contributed by atoms with van der Waals surface area (Å²) in [6, 6.07) is 0. The minimum absolute atomic E-state index is 0.0205. The third kappa shape index (κ3) is 2.70. The van der Waals surface area contributed by atoms with Crippen LogP contribution in [0.15, 0.2) is 11.6 Å². The highest BCUT2D eigenvalue weighted by Gasteiger charge is 2.43. The zero-order valence-corrected chi connectivity index (χ0v) is 10.6. The van der Waals surface area contributed by atoms with Crippen LogP contribution in [0.3, 0.4) is 0 Å². The molecule has 1 saturated carbocycles. The maximum absolute atomic E-state index is 12.3. The van der Waals surface area contributed by atoms with Gasteiger partial charge in [-0.1, -0.05) is 31.9 Å². The Bertz CT molecular complexity index is 255. The minimum Gasteiger partial charge on any atom is -0.299 e. The molecule has 86 valence electrons. The molecular formula is C14H24O. The standard InChI is InChI=1S/C14H24O/c1-5-12(4)13(15)14(8-6-9-14)10-7-11(2)3/h7,12H,5-6,8-10H2,1-4H3/t12-/m1/s1. The van der Waals surface area contributed by atoms with Crippen molar-refractivity contribution in [3.63, 3.8) is 0 Å². The highest BCUT2D eigenvalue weighted by atomic mass is 16.1. The van der Waals surface area contributed by atoms with Crippen molar-refractivity contribution in [1.29, 1.82) is 0 Å². The van der Waals surface area contributed by atoms with Crippen molar-refractivity contribution in [3.05, 3.63) is 11.6 Å². The molecule has 0 radical (unpaired) electrons. The molecule has 0 aromatic rings. The van der Waals surface area contributed by atoms with Crippen molar-refractivity contribution in [2.45, 2.75) is 59.8 Å². The summed E-state index contributed by atoms with van der Waals surface area (Å²) in [5.41, 5.74) is 1.35. The SMILES string of the molecule is CC[C@@H](C)C(=O)C1(CC=C(C)C)CCC1. The summed E-state index contributed by atoms with van der Waals surface area (Å²) in [5, 5.41) is 0. The predicted molar refractivity (Wildman–Crippen MR) is 64.8 cm³/mol. The molecule has 0 spiro atoms. The van der Waals surface area contributed by atoms with Crippen LogP contribution in [-0.2, 0) is 4.79 Å². The molecular weight excluding hydrogens is 184 g/mol. The summed E-state index contributed by atoms with van der Waals surface area (Å²) < 4.78 is 0. The van der Waals surface area contributed by atoms with Crippen LogP contribution in [0.4, 0.5) is 0 Å². The molecule has 0 heterocycles. The van der Waals surface area contributed by atoms with Crippen LogP contribution in [0.25, 0.3) is 0 Å². The molecule has 1 fully saturated rings. The van der Waals surface area contributed by atoms with E-state index in [0.29, 0.717) is 5.78 Å². The first kappa shape index (κ1) is 12.5. The molecule has 0 aliphatic heterocycles. The van der Waals surface area contributed by atoms with Gasteiger partial charge in [-0.25, -0.2) is 0 Å². The topological polar surface area (TPSA) is 17.1 Å². The molecule has 1 heteroatoms. The summed E-state index contributed by atoms with van der Waals surface area (Å²) >= 11 is 0. The first-order valence-corrected chi connectivity index (χ1v) is 6.19. The Morgan fingerprint density at radius 1 is 1.40 bits per heavy atom. The maximum atomic E-state index is 12.3. The first-order valence-electron chi connectivity index (χ1n) is 6.19. The number of carbonyl (C=O) groups excluding carboxylic acids is 1. The van der Waals surface area contributed by atoms with Gasteiger partial charge >= 0.3 is 0 Å². The maximum Gasteiger partial charge on any atom is 0.142 e. The van der Waals surface area contributed by atoms with E-state index in [1.54, 1.807) is 0 Å². The fourth-order valence-electron chi connectivity index (χ4n) is 2.26. The molecule has 0 aromatic carbocycles. The van der Waals surface area contributed by atoms with Crippen LogP contribution in [0.5, 0.6) is 0 Å². The molecule has 0 aromatic heterocycles. The van der Waals surface area contributed by atoms with Gasteiger partial charge in [0.25, 0.3) is 0 Å². The predicted octanol–water partition coefficient (Wildman–Crippen LogP) is 4.13. The Labute approximate surface area is 93.9 Å². The number of Topliss-reactive ketones (excluding diaryl/α,β-unsaturated/α-hetero) is 1. The zero-order valence-electron chi connectivity index (χ0n) is 10.6. The van der Waals surface area contributed by atoms with E-state index in [2.05, 4.69) is 33.8 Å². The lowest BCUT2D eigenvalue weighted by Gasteiger charge is -2.41. The summed E-state index contributed by atoms with van der Waals surface area (Å²) in [6.07, 6.45) is 7.64. The van der Waals surface area contributed by atoms with Gasteiger partial charge in [0.15, 0.2) is 0 Å². The van der Waals surface area contributed by atoms with Gasteiger partial charge < -0.3 is 0 Å². The molecule has 15 heavy (non-hydrogen) atoms. The van der Waals surface area contributed by atoms with Gasteiger partial charge in [0, 0.05) is 11.3 Å². The number of ketones is 1. The van der Waals surface area contributed by atoms with E-state index in [1.165, 1.54) is 12.0 Å². The monoisotopic (exact) mass is 208 g/mol. The van der Waals surface area contributed by atoms with Crippen molar-refractivity contribution in [2.24, 2.45) is 11.3 Å². The molecule has 1 aliphatic rings. The molecule has 0 unspecified atom stereocenters. The number of allylic oxidation sites excluding steroid dienone is 2. The minimum atomic E-state index is 0.0205. The van der Waals surface area contributed by atoms with Gasteiger partial charge in [-0.2, -0.15) is 0 Å². The van der Waals surface area contributed by atoms with E-state index >= 15 is 0 Å². The van der Waals surface area contributed by atoms with E-state index in [4.69, 9.17) is 0 Å². The van der Waals surface area contributed by atoms with Gasteiger partial charge in [-0.05, 0) is 39.5 Å². The molecule has 1 nitrogen and oxygen atoms in total. The fourth-order valence-corrected chi connectivity index (χ4v) is 2.26. The summed E-state index contributed by atoms with van der Waals surface area (Å²) in [6.45, 7) is 8.40. The van der Waals surface area contributed by atoms with Crippen LogP contribution in [0.1, 0.15) is 59.8 Å². The van der Waals surface area contributed by atoms with E-state index in [9.17, 15) is 4.79 Å². The number of hydrogen-bond donors (Lipinski definition) is 0. The molecule has 1 rings (SSSR count). The summed E-state index contributed by atoms with van der Waals surface area (Å²) in [5.74, 6) is 0.754. The third-order valence-electron chi connectivity index (χ3n) is 3.79. The van der Waals surface area contributed by atoms with Gasteiger partial charge in [0.1, 0.15) is 5.78 Å². The number of rotatable bonds is 5. The van der Waals surface area contributed by atoms with Crippen LogP contribution in [0, 0.1) is 11.3 Å². The molecule has 0 bridgehead atoms. The largest absolute Gasteiger partial charge is 0.299 e. The average molecular weight is 208 g/mol. The van der Waals surface area contributed by atoms with Gasteiger partial charge in [0.2, 0.25) is 0 Å². The fraction of sp³-hybridized carbons (Fsp3) is 0.786. The summed E-state index contributed by atoms with van der Waals surface area (Å²) in [4.78, 5) is 12.3. The molecule has 1 atom stereocenters. The van der Waals surface area contributed by atoms with Crippen molar-refractivity contribution in [2.75, 3.05) is 0 Å². The quantitative estimate of drug-likeness (QED) is 0.621. The lowest BCUT2D eigenvalue weighted by atomic mass is 9.61. The smallest absolute Gasteiger partial charge is 0.142 e. The van der Waals surface area contributed by atoms with E-state index in [-0.39, 0.29) is 11.3 Å². The lowest BCUT2D eigenvalue weighted by molar-refractivity contribution is -0.137. The van der Waals surface area contributed by atoms with Crippen LogP contribution < -0.4 is 0 Å². The lowest BCUT2D eigenvalue weighted by Crippen LogP contribution is -2.40. The Hall–Kier alpha value is -0.590. The van der Waals surface area contributed by atoms with Gasteiger partial charge in [0.05, 0.1) is 0 Å². The Kier molecular flexibility index (Phi) is 4.12. The van der Waals surface area contributed by atoms with Crippen molar-refractivity contribution in [1.82, 2.24) is 0 Å². The van der Waals surface area contributed by atoms with Crippen molar-refractivity contribution in [3.8, 4) is 0 Å². The van der Waals surface area contributed by atoms with Crippen LogP contribution >= 0.6 is 0 Å². The Morgan fingerprint density at radius 2 is 2.00 bits per heavy atom. The van der Waals surface area contributed by atoms with Gasteiger partial charge in [-0.3, -0.25) is 4.79 Å². The molecule has 0 saturated heterocycles. The third-order valence-corrected chi connectivity index (χ3v) is 3.79. The van der Waals surface area contributed by atoms with E-state index in [1.807, 2.05) is 0 Å².